The van der Waals surface area contributed by atoms with E-state index in [0.29, 0.717) is 0 Å². The Bertz CT molecular complexity index is 278. The number of allylic oxidation sites excluding steroid dienone is 5. The highest BCUT2D eigenvalue weighted by molar-refractivity contribution is 5.21. The molecule has 17 heavy (non-hydrogen) atoms. The van der Waals surface area contributed by atoms with Gasteiger partial charge in [-0.25, -0.2) is 0 Å². The molecule has 0 unspecified atom stereocenters. The third kappa shape index (κ3) is 7.62. The van der Waals surface area contributed by atoms with Crippen LogP contribution in [-0.4, -0.2) is 18.0 Å². The van der Waals surface area contributed by atoms with E-state index >= 15 is 0 Å². The Kier molecular flexibility index (Phi) is 9.22. The first-order chi connectivity index (χ1) is 8.15. The Labute approximate surface area is 107 Å². The predicted molar refractivity (Wildman–Crippen MR) is 79.0 cm³/mol. The van der Waals surface area contributed by atoms with Gasteiger partial charge < -0.3 is 4.90 Å². The van der Waals surface area contributed by atoms with E-state index in [2.05, 4.69) is 44.1 Å². The molecule has 0 aliphatic heterocycles. The molecule has 0 saturated heterocycles. The van der Waals surface area contributed by atoms with E-state index in [9.17, 15) is 0 Å². The Hall–Kier alpha value is -1.24. The molecule has 0 heterocycles. The lowest BCUT2D eigenvalue weighted by atomic mass is 10.2. The molecule has 0 amide bonds. The second-order valence-corrected chi connectivity index (χ2v) is 4.24. The van der Waals surface area contributed by atoms with E-state index in [-0.39, 0.29) is 0 Å². The molecule has 0 atom stereocenters. The van der Waals surface area contributed by atoms with Crippen molar-refractivity contribution in [1.29, 1.82) is 0 Å². The van der Waals surface area contributed by atoms with Crippen molar-refractivity contribution < 1.29 is 0 Å². The van der Waals surface area contributed by atoms with Crippen molar-refractivity contribution in [1.82, 2.24) is 4.90 Å². The van der Waals surface area contributed by atoms with E-state index in [1.54, 1.807) is 0 Å². The average Bonchev–Trinajstić information content (AvgIpc) is 2.29. The molecule has 0 aromatic rings. The van der Waals surface area contributed by atoms with Gasteiger partial charge in [-0.1, -0.05) is 50.8 Å². The second-order valence-electron chi connectivity index (χ2n) is 4.24. The largest absolute Gasteiger partial charge is 0.372 e. The molecule has 96 valence electrons. The summed E-state index contributed by atoms with van der Waals surface area (Å²) in [4.78, 5) is 2.34. The Morgan fingerprint density at radius 3 is 2.12 bits per heavy atom. The number of nitrogens with zero attached hydrogens (tertiary/aromatic N) is 1. The monoisotopic (exact) mass is 233 g/mol. The molecule has 0 aliphatic carbocycles. The molecule has 1 heteroatoms. The highest BCUT2D eigenvalue weighted by Crippen LogP contribution is 2.08. The molecule has 0 aromatic carbocycles. The van der Waals surface area contributed by atoms with Crippen molar-refractivity contribution in [2.75, 3.05) is 13.1 Å². The van der Waals surface area contributed by atoms with Crippen LogP contribution >= 0.6 is 0 Å². The molecule has 0 aromatic heterocycles. The van der Waals surface area contributed by atoms with Crippen LogP contribution < -0.4 is 0 Å². The summed E-state index contributed by atoms with van der Waals surface area (Å²) in [5.41, 5.74) is 2.25. The van der Waals surface area contributed by atoms with Crippen LogP contribution in [0.4, 0.5) is 0 Å². The zero-order chi connectivity index (χ0) is 13.1. The van der Waals surface area contributed by atoms with Crippen LogP contribution in [0.5, 0.6) is 0 Å². The molecule has 0 spiro atoms. The minimum Gasteiger partial charge on any atom is -0.372 e. The second kappa shape index (κ2) is 9.95. The fraction of sp³-hybridized carbons (Fsp3) is 0.500. The SMILES string of the molecule is C=C(/C=C\C)C/C=C/C(=C)N(CCC)CCC. The zero-order valence-corrected chi connectivity index (χ0v) is 11.7. The summed E-state index contributed by atoms with van der Waals surface area (Å²) in [6, 6.07) is 0. The molecular weight excluding hydrogens is 206 g/mol. The van der Waals surface area contributed by atoms with Gasteiger partial charge in [0.1, 0.15) is 0 Å². The lowest BCUT2D eigenvalue weighted by Gasteiger charge is -2.23. The molecule has 0 aliphatic rings. The zero-order valence-electron chi connectivity index (χ0n) is 11.7. The van der Waals surface area contributed by atoms with Gasteiger partial charge in [0.25, 0.3) is 0 Å². The molecule has 0 saturated carbocycles. The first-order valence-corrected chi connectivity index (χ1v) is 6.56. The van der Waals surface area contributed by atoms with Crippen molar-refractivity contribution >= 4 is 0 Å². The van der Waals surface area contributed by atoms with Crippen molar-refractivity contribution in [2.45, 2.75) is 40.0 Å². The van der Waals surface area contributed by atoms with Gasteiger partial charge in [-0.15, -0.1) is 0 Å². The standard InChI is InChI=1S/C16H27N/c1-6-10-15(4)11-9-12-16(5)17(13-7-2)14-8-3/h6,9-10,12H,4-5,7-8,11,13-14H2,1-3H3/b10-6-,12-9+. The van der Waals surface area contributed by atoms with Crippen LogP contribution in [0.1, 0.15) is 40.0 Å². The number of hydrogen-bond donors (Lipinski definition) is 0. The summed E-state index contributed by atoms with van der Waals surface area (Å²) in [5, 5.41) is 0. The van der Waals surface area contributed by atoms with Gasteiger partial charge >= 0.3 is 0 Å². The summed E-state index contributed by atoms with van der Waals surface area (Å²) in [7, 11) is 0. The third-order valence-corrected chi connectivity index (χ3v) is 2.49. The number of hydrogen-bond acceptors (Lipinski definition) is 1. The van der Waals surface area contributed by atoms with Gasteiger partial charge in [0.2, 0.25) is 0 Å². The quantitative estimate of drug-likeness (QED) is 0.522. The van der Waals surface area contributed by atoms with E-state index < -0.39 is 0 Å². The van der Waals surface area contributed by atoms with Crippen molar-refractivity contribution in [3.63, 3.8) is 0 Å². The summed E-state index contributed by atoms with van der Waals surface area (Å²) < 4.78 is 0. The van der Waals surface area contributed by atoms with E-state index in [4.69, 9.17) is 0 Å². The normalized spacial score (nSPS) is 11.2. The molecule has 0 bridgehead atoms. The predicted octanol–water partition coefficient (Wildman–Crippen LogP) is 4.70. The average molecular weight is 233 g/mol. The molecular formula is C16H27N. The minimum absolute atomic E-state index is 0.898. The van der Waals surface area contributed by atoms with Gasteiger partial charge in [-0.3, -0.25) is 0 Å². The molecule has 0 radical (unpaired) electrons. The Morgan fingerprint density at radius 2 is 1.65 bits per heavy atom. The molecule has 0 N–H and O–H groups in total. The molecule has 0 rings (SSSR count). The summed E-state index contributed by atoms with van der Waals surface area (Å²) in [5.74, 6) is 0. The molecule has 1 nitrogen and oxygen atoms in total. The summed E-state index contributed by atoms with van der Waals surface area (Å²) in [6.45, 7) is 16.7. The fourth-order valence-electron chi connectivity index (χ4n) is 1.69. The van der Waals surface area contributed by atoms with Crippen LogP contribution in [-0.2, 0) is 0 Å². The third-order valence-electron chi connectivity index (χ3n) is 2.49. The van der Waals surface area contributed by atoms with Crippen LogP contribution in [0, 0.1) is 0 Å². The maximum absolute atomic E-state index is 4.13. The van der Waals surface area contributed by atoms with Gasteiger partial charge in [0.15, 0.2) is 0 Å². The van der Waals surface area contributed by atoms with Gasteiger partial charge in [-0.2, -0.15) is 0 Å². The van der Waals surface area contributed by atoms with E-state index in [1.807, 2.05) is 19.1 Å². The van der Waals surface area contributed by atoms with Crippen LogP contribution in [0.25, 0.3) is 0 Å². The first-order valence-electron chi connectivity index (χ1n) is 6.56. The highest BCUT2D eigenvalue weighted by Gasteiger charge is 2.01. The topological polar surface area (TPSA) is 3.24 Å². The van der Waals surface area contributed by atoms with Crippen LogP contribution in [0.15, 0.2) is 48.7 Å². The Balaban J connectivity index is 4.19. The molecule has 0 fully saturated rings. The van der Waals surface area contributed by atoms with Crippen molar-refractivity contribution in [3.05, 3.63) is 48.7 Å². The van der Waals surface area contributed by atoms with Crippen molar-refractivity contribution in [3.8, 4) is 0 Å². The smallest absolute Gasteiger partial charge is 0.0290 e. The van der Waals surface area contributed by atoms with Gasteiger partial charge in [0, 0.05) is 18.8 Å². The maximum atomic E-state index is 4.13. The van der Waals surface area contributed by atoms with Crippen LogP contribution in [0.3, 0.4) is 0 Å². The highest BCUT2D eigenvalue weighted by atomic mass is 15.1. The van der Waals surface area contributed by atoms with Gasteiger partial charge in [-0.05, 0) is 32.3 Å². The minimum atomic E-state index is 0.898. The number of rotatable bonds is 9. The van der Waals surface area contributed by atoms with E-state index in [1.165, 1.54) is 0 Å². The van der Waals surface area contributed by atoms with E-state index in [0.717, 1.165) is 43.6 Å². The van der Waals surface area contributed by atoms with Crippen molar-refractivity contribution in [2.24, 2.45) is 0 Å². The maximum Gasteiger partial charge on any atom is 0.0290 e. The Morgan fingerprint density at radius 1 is 1.06 bits per heavy atom. The summed E-state index contributed by atoms with van der Waals surface area (Å²) >= 11 is 0. The lowest BCUT2D eigenvalue weighted by Crippen LogP contribution is -2.23. The summed E-state index contributed by atoms with van der Waals surface area (Å²) in [6.07, 6.45) is 11.5. The van der Waals surface area contributed by atoms with Gasteiger partial charge in [0.05, 0.1) is 0 Å². The fourth-order valence-corrected chi connectivity index (χ4v) is 1.69. The lowest BCUT2D eigenvalue weighted by molar-refractivity contribution is 0.356. The first kappa shape index (κ1) is 15.8. The van der Waals surface area contributed by atoms with Crippen LogP contribution in [0.2, 0.25) is 0 Å².